The van der Waals surface area contributed by atoms with Crippen LogP contribution in [-0.2, 0) is 0 Å². The van der Waals surface area contributed by atoms with Gasteiger partial charge in [-0.15, -0.1) is 0 Å². The Balaban J connectivity index is 1.95. The van der Waals surface area contributed by atoms with E-state index in [9.17, 15) is 0 Å². The first kappa shape index (κ1) is 13.4. The molecule has 0 atom stereocenters. The number of hydrogen-bond acceptors (Lipinski definition) is 1. The summed E-state index contributed by atoms with van der Waals surface area (Å²) >= 11 is 0. The highest BCUT2D eigenvalue weighted by atomic mass is 15.0. The largest absolute Gasteiger partial charge is 0.313 e. The fraction of sp³-hybridized carbons (Fsp3) is 1.00. The lowest BCUT2D eigenvalue weighted by Crippen LogP contribution is -2.40. The highest BCUT2D eigenvalue weighted by Crippen LogP contribution is 2.42. The maximum absolute atomic E-state index is 3.82. The van der Waals surface area contributed by atoms with Crippen molar-refractivity contribution in [2.45, 2.75) is 84.1 Å². The molecule has 0 aromatic heterocycles. The lowest BCUT2D eigenvalue weighted by atomic mass is 9.68. The molecule has 0 aromatic rings. The van der Waals surface area contributed by atoms with Crippen LogP contribution in [0.25, 0.3) is 0 Å². The summed E-state index contributed by atoms with van der Waals surface area (Å²) in [5, 5.41) is 3.82. The fourth-order valence-electron chi connectivity index (χ4n) is 3.75. The van der Waals surface area contributed by atoms with E-state index in [-0.39, 0.29) is 0 Å². The summed E-state index contributed by atoms with van der Waals surface area (Å²) in [7, 11) is 0. The lowest BCUT2D eigenvalue weighted by molar-refractivity contribution is 0.121. The van der Waals surface area contributed by atoms with Crippen LogP contribution in [0.15, 0.2) is 0 Å². The normalized spacial score (nSPS) is 23.6. The van der Waals surface area contributed by atoms with Gasteiger partial charge in [0.25, 0.3) is 0 Å². The average molecular weight is 237 g/mol. The lowest BCUT2D eigenvalue weighted by Gasteiger charge is -2.40. The molecule has 2 aliphatic carbocycles. The van der Waals surface area contributed by atoms with Gasteiger partial charge in [0.1, 0.15) is 0 Å². The highest BCUT2D eigenvalue weighted by Gasteiger charge is 2.36. The second-order valence-electron chi connectivity index (χ2n) is 6.41. The van der Waals surface area contributed by atoms with Gasteiger partial charge in [0, 0.05) is 12.6 Å². The molecule has 2 saturated carbocycles. The van der Waals surface area contributed by atoms with Gasteiger partial charge in [0.15, 0.2) is 0 Å². The summed E-state index contributed by atoms with van der Waals surface area (Å²) in [4.78, 5) is 0. The molecule has 0 saturated heterocycles. The molecule has 2 fully saturated rings. The molecule has 2 aliphatic rings. The Morgan fingerprint density at radius 2 is 1.47 bits per heavy atom. The fourth-order valence-corrected chi connectivity index (χ4v) is 3.75. The minimum Gasteiger partial charge on any atom is -0.313 e. The minimum absolute atomic E-state index is 0.604. The monoisotopic (exact) mass is 237 g/mol. The zero-order valence-corrected chi connectivity index (χ0v) is 11.9. The summed E-state index contributed by atoms with van der Waals surface area (Å²) in [5.74, 6) is 0.992. The van der Waals surface area contributed by atoms with Crippen molar-refractivity contribution in [2.75, 3.05) is 6.54 Å². The predicted molar refractivity (Wildman–Crippen MR) is 75.2 cm³/mol. The van der Waals surface area contributed by atoms with Crippen molar-refractivity contribution in [3.63, 3.8) is 0 Å². The zero-order valence-electron chi connectivity index (χ0n) is 11.9. The summed E-state index contributed by atoms with van der Waals surface area (Å²) < 4.78 is 0. The number of rotatable bonds is 6. The maximum atomic E-state index is 3.82. The van der Waals surface area contributed by atoms with Crippen molar-refractivity contribution < 1.29 is 0 Å². The van der Waals surface area contributed by atoms with Crippen LogP contribution in [0, 0.1) is 11.3 Å². The molecule has 0 bridgehead atoms. The molecule has 0 amide bonds. The molecule has 100 valence electrons. The van der Waals surface area contributed by atoms with Gasteiger partial charge in [-0.1, -0.05) is 39.5 Å². The summed E-state index contributed by atoms with van der Waals surface area (Å²) in [6.45, 7) is 6.13. The van der Waals surface area contributed by atoms with Crippen molar-refractivity contribution in [3.05, 3.63) is 0 Å². The standard InChI is InChI=1S/C16H31N/c1-3-16(4-2,13-17-15-11-12-15)14-9-7-5-6-8-10-14/h14-15,17H,3-13H2,1-2H3. The molecule has 17 heavy (non-hydrogen) atoms. The van der Waals surface area contributed by atoms with E-state index in [0.717, 1.165) is 12.0 Å². The van der Waals surface area contributed by atoms with Crippen LogP contribution in [-0.4, -0.2) is 12.6 Å². The van der Waals surface area contributed by atoms with Gasteiger partial charge in [-0.05, 0) is 49.9 Å². The van der Waals surface area contributed by atoms with Gasteiger partial charge < -0.3 is 5.32 Å². The Hall–Kier alpha value is -0.0400. The van der Waals surface area contributed by atoms with E-state index in [1.165, 1.54) is 70.8 Å². The zero-order chi connectivity index (χ0) is 12.1. The van der Waals surface area contributed by atoms with Crippen molar-refractivity contribution in [1.29, 1.82) is 0 Å². The van der Waals surface area contributed by atoms with Crippen molar-refractivity contribution >= 4 is 0 Å². The third-order valence-corrected chi connectivity index (χ3v) is 5.45. The molecule has 0 aliphatic heterocycles. The molecule has 0 unspecified atom stereocenters. The Bertz CT molecular complexity index is 208. The molecule has 0 radical (unpaired) electrons. The SMILES string of the molecule is CCC(CC)(CNC1CC1)C1CCCCCC1. The molecular formula is C16H31N. The van der Waals surface area contributed by atoms with E-state index < -0.39 is 0 Å². The Morgan fingerprint density at radius 1 is 0.882 bits per heavy atom. The van der Waals surface area contributed by atoms with Crippen molar-refractivity contribution in [2.24, 2.45) is 11.3 Å². The summed E-state index contributed by atoms with van der Waals surface area (Å²) in [6, 6.07) is 0.873. The topological polar surface area (TPSA) is 12.0 Å². The van der Waals surface area contributed by atoms with Crippen molar-refractivity contribution in [1.82, 2.24) is 5.32 Å². The number of nitrogens with one attached hydrogen (secondary N) is 1. The first-order chi connectivity index (χ1) is 8.30. The van der Waals surface area contributed by atoms with Gasteiger partial charge in [-0.3, -0.25) is 0 Å². The smallest absolute Gasteiger partial charge is 0.00684 e. The molecule has 0 heterocycles. The Morgan fingerprint density at radius 3 is 1.94 bits per heavy atom. The highest BCUT2D eigenvalue weighted by molar-refractivity contribution is 4.91. The number of hydrogen-bond donors (Lipinski definition) is 1. The molecule has 1 heteroatoms. The second kappa shape index (κ2) is 6.22. The van der Waals surface area contributed by atoms with Gasteiger partial charge in [-0.25, -0.2) is 0 Å². The second-order valence-corrected chi connectivity index (χ2v) is 6.41. The van der Waals surface area contributed by atoms with Crippen LogP contribution in [0.1, 0.15) is 78.1 Å². The third-order valence-electron chi connectivity index (χ3n) is 5.45. The van der Waals surface area contributed by atoms with E-state index in [4.69, 9.17) is 0 Å². The van der Waals surface area contributed by atoms with Crippen LogP contribution in [0.2, 0.25) is 0 Å². The van der Waals surface area contributed by atoms with Crippen LogP contribution >= 0.6 is 0 Å². The van der Waals surface area contributed by atoms with Crippen LogP contribution in [0.5, 0.6) is 0 Å². The van der Waals surface area contributed by atoms with Crippen molar-refractivity contribution in [3.8, 4) is 0 Å². The first-order valence-corrected chi connectivity index (χ1v) is 8.04. The van der Waals surface area contributed by atoms with Gasteiger partial charge in [0.2, 0.25) is 0 Å². The minimum atomic E-state index is 0.604. The molecule has 1 nitrogen and oxygen atoms in total. The molecular weight excluding hydrogens is 206 g/mol. The maximum Gasteiger partial charge on any atom is 0.00684 e. The van der Waals surface area contributed by atoms with Gasteiger partial charge >= 0.3 is 0 Å². The summed E-state index contributed by atoms with van der Waals surface area (Å²) in [6.07, 6.45) is 14.5. The predicted octanol–water partition coefficient (Wildman–Crippen LogP) is 4.52. The van der Waals surface area contributed by atoms with Gasteiger partial charge in [0.05, 0.1) is 0 Å². The Kier molecular flexibility index (Phi) is 4.90. The van der Waals surface area contributed by atoms with E-state index in [0.29, 0.717) is 5.41 Å². The van der Waals surface area contributed by atoms with E-state index in [2.05, 4.69) is 19.2 Å². The molecule has 0 aromatic carbocycles. The van der Waals surface area contributed by atoms with Crippen LogP contribution in [0.3, 0.4) is 0 Å². The molecule has 2 rings (SSSR count). The van der Waals surface area contributed by atoms with Crippen LogP contribution < -0.4 is 5.32 Å². The average Bonchev–Trinajstić information content (AvgIpc) is 3.18. The Labute approximate surface area is 108 Å². The quantitative estimate of drug-likeness (QED) is 0.670. The summed E-state index contributed by atoms with van der Waals surface area (Å²) in [5.41, 5.74) is 0.604. The first-order valence-electron chi connectivity index (χ1n) is 8.04. The van der Waals surface area contributed by atoms with E-state index in [1.807, 2.05) is 0 Å². The van der Waals surface area contributed by atoms with Crippen LogP contribution in [0.4, 0.5) is 0 Å². The molecule has 1 N–H and O–H groups in total. The van der Waals surface area contributed by atoms with E-state index >= 15 is 0 Å². The van der Waals surface area contributed by atoms with E-state index in [1.54, 1.807) is 0 Å². The third kappa shape index (κ3) is 3.47. The van der Waals surface area contributed by atoms with Gasteiger partial charge in [-0.2, -0.15) is 0 Å². The molecule has 0 spiro atoms.